The fourth-order valence-corrected chi connectivity index (χ4v) is 5.60. The van der Waals surface area contributed by atoms with Gasteiger partial charge in [0, 0.05) is 25.6 Å². The Morgan fingerprint density at radius 2 is 1.88 bits per heavy atom. The minimum absolute atomic E-state index is 0. The minimum atomic E-state index is -0.739. The number of hydrogen-bond donors (Lipinski definition) is 3. The number of likely N-dealkylation sites (tertiary alicyclic amines) is 1. The van der Waals surface area contributed by atoms with Crippen molar-refractivity contribution in [1.29, 1.82) is 5.41 Å². The Hall–Kier alpha value is -4.25. The summed E-state index contributed by atoms with van der Waals surface area (Å²) in [6, 6.07) is 12.1. The van der Waals surface area contributed by atoms with Crippen LogP contribution in [0.1, 0.15) is 55.0 Å². The maximum absolute atomic E-state index is 13.9. The maximum Gasteiger partial charge on any atom is 0.325 e. The molecule has 2 fully saturated rings. The zero-order valence-electron chi connectivity index (χ0n) is 23.6. The number of halogens is 1. The van der Waals surface area contributed by atoms with Gasteiger partial charge in [-0.05, 0) is 55.9 Å². The first-order valence-corrected chi connectivity index (χ1v) is 13.8. The van der Waals surface area contributed by atoms with E-state index in [0.717, 1.165) is 11.1 Å². The van der Waals surface area contributed by atoms with Crippen LogP contribution in [0.15, 0.2) is 47.3 Å². The number of rotatable bonds is 9. The number of amidine groups is 1. The SMILES string of the molecule is CCOC(=O)CNC(=O)C1CCCN1C(=O)C1(c2ccc3c(c2)nc(Cc2ccc(C(=N)N)cc2)c(=O)n3C)CC1.Cl. The van der Waals surface area contributed by atoms with Gasteiger partial charge in [-0.15, -0.1) is 12.4 Å². The Morgan fingerprint density at radius 1 is 1.17 bits per heavy atom. The molecule has 0 spiro atoms. The fourth-order valence-electron chi connectivity index (χ4n) is 5.60. The van der Waals surface area contributed by atoms with Gasteiger partial charge < -0.3 is 25.3 Å². The van der Waals surface area contributed by atoms with Crippen LogP contribution < -0.4 is 16.6 Å². The highest BCUT2D eigenvalue weighted by atomic mass is 35.5. The van der Waals surface area contributed by atoms with E-state index in [2.05, 4.69) is 5.32 Å². The number of hydrogen-bond acceptors (Lipinski definition) is 7. The van der Waals surface area contributed by atoms with Gasteiger partial charge in [0.05, 0.1) is 23.1 Å². The zero-order chi connectivity index (χ0) is 29.3. The number of benzene rings is 2. The quantitative estimate of drug-likeness (QED) is 0.194. The normalized spacial score (nSPS) is 16.9. The Morgan fingerprint density at radius 3 is 2.52 bits per heavy atom. The molecule has 42 heavy (non-hydrogen) atoms. The van der Waals surface area contributed by atoms with Crippen LogP contribution in [-0.2, 0) is 38.0 Å². The average Bonchev–Trinajstić information content (AvgIpc) is 3.63. The van der Waals surface area contributed by atoms with Gasteiger partial charge in [0.25, 0.3) is 5.56 Å². The third-order valence-corrected chi connectivity index (χ3v) is 8.02. The standard InChI is InChI=1S/C30H34N6O5.ClH/c1-3-41-25(37)17-33-27(38)24-5-4-14-36(24)29(40)30(12-13-30)20-10-11-23-21(16-20)34-22(28(39)35(23)2)15-18-6-8-19(9-7-18)26(31)32;/h6-11,16,24H,3-5,12-15,17H2,1-2H3,(H3,31,32)(H,33,38);1H. The molecule has 222 valence electrons. The second-order valence-electron chi connectivity index (χ2n) is 10.7. The lowest BCUT2D eigenvalue weighted by Gasteiger charge is -2.28. The summed E-state index contributed by atoms with van der Waals surface area (Å²) in [6.07, 6.45) is 2.87. The van der Waals surface area contributed by atoms with E-state index in [0.29, 0.717) is 60.9 Å². The smallest absolute Gasteiger partial charge is 0.325 e. The number of esters is 1. The van der Waals surface area contributed by atoms with Crippen LogP contribution in [0.4, 0.5) is 0 Å². The molecule has 2 amide bonds. The van der Waals surface area contributed by atoms with Crippen LogP contribution in [0.5, 0.6) is 0 Å². The number of carbonyl (C=O) groups is 3. The molecule has 1 aliphatic carbocycles. The summed E-state index contributed by atoms with van der Waals surface area (Å²) in [5.41, 5.74) is 8.55. The molecule has 11 nitrogen and oxygen atoms in total. The Balaban J connectivity index is 0.00000405. The lowest BCUT2D eigenvalue weighted by molar-refractivity contribution is -0.144. The van der Waals surface area contributed by atoms with Crippen LogP contribution >= 0.6 is 12.4 Å². The van der Waals surface area contributed by atoms with E-state index in [1.165, 1.54) is 0 Å². The molecule has 4 N–H and O–H groups in total. The summed E-state index contributed by atoms with van der Waals surface area (Å²) in [4.78, 5) is 57.9. The highest BCUT2D eigenvalue weighted by Gasteiger charge is 2.55. The number of nitrogens with two attached hydrogens (primary N) is 1. The zero-order valence-corrected chi connectivity index (χ0v) is 24.5. The second-order valence-corrected chi connectivity index (χ2v) is 10.7. The van der Waals surface area contributed by atoms with E-state index in [1.54, 1.807) is 35.6 Å². The van der Waals surface area contributed by atoms with Gasteiger partial charge in [-0.25, -0.2) is 4.98 Å². The molecule has 12 heteroatoms. The van der Waals surface area contributed by atoms with Crippen molar-refractivity contribution in [2.45, 2.75) is 50.5 Å². The monoisotopic (exact) mass is 594 g/mol. The van der Waals surface area contributed by atoms with Crippen molar-refractivity contribution < 1.29 is 19.1 Å². The van der Waals surface area contributed by atoms with Crippen LogP contribution in [0.2, 0.25) is 0 Å². The molecule has 2 aliphatic rings. The number of nitrogens with one attached hydrogen (secondary N) is 2. The third-order valence-electron chi connectivity index (χ3n) is 8.02. The number of ether oxygens (including phenoxy) is 1. The average molecular weight is 595 g/mol. The molecule has 5 rings (SSSR count). The summed E-state index contributed by atoms with van der Waals surface area (Å²) in [7, 11) is 1.70. The molecule has 2 heterocycles. The van der Waals surface area contributed by atoms with Gasteiger partial charge in [-0.2, -0.15) is 0 Å². The molecule has 3 aromatic rings. The van der Waals surface area contributed by atoms with E-state index < -0.39 is 17.4 Å². The van der Waals surface area contributed by atoms with E-state index in [1.807, 2.05) is 30.3 Å². The van der Waals surface area contributed by atoms with Crippen molar-refractivity contribution in [2.75, 3.05) is 19.7 Å². The van der Waals surface area contributed by atoms with Crippen molar-refractivity contribution in [1.82, 2.24) is 19.8 Å². The van der Waals surface area contributed by atoms with Crippen molar-refractivity contribution in [3.63, 3.8) is 0 Å². The Bertz CT molecular complexity index is 1600. The van der Waals surface area contributed by atoms with Crippen molar-refractivity contribution in [2.24, 2.45) is 12.8 Å². The Kier molecular flexibility index (Phi) is 9.00. The van der Waals surface area contributed by atoms with Gasteiger partial charge in [0.2, 0.25) is 11.8 Å². The number of aryl methyl sites for hydroxylation is 1. The van der Waals surface area contributed by atoms with Gasteiger partial charge in [0.1, 0.15) is 24.1 Å². The fraction of sp³-hybridized carbons (Fsp3) is 0.400. The predicted octanol–water partition coefficient (Wildman–Crippen LogP) is 1.93. The molecule has 1 atom stereocenters. The molecular weight excluding hydrogens is 560 g/mol. The molecule has 1 saturated heterocycles. The summed E-state index contributed by atoms with van der Waals surface area (Å²) >= 11 is 0. The first kappa shape index (κ1) is 30.7. The molecule has 0 radical (unpaired) electrons. The minimum Gasteiger partial charge on any atom is -0.465 e. The second kappa shape index (κ2) is 12.3. The van der Waals surface area contributed by atoms with Crippen molar-refractivity contribution in [3.8, 4) is 0 Å². The molecule has 0 bridgehead atoms. The molecule has 1 aromatic heterocycles. The van der Waals surface area contributed by atoms with Crippen LogP contribution in [0.3, 0.4) is 0 Å². The summed E-state index contributed by atoms with van der Waals surface area (Å²) < 4.78 is 6.45. The van der Waals surface area contributed by atoms with Gasteiger partial charge in [0.15, 0.2) is 0 Å². The Labute approximate surface area is 249 Å². The number of aromatic nitrogens is 2. The third kappa shape index (κ3) is 5.87. The number of nitrogen functional groups attached to an aromatic ring is 1. The van der Waals surface area contributed by atoms with Gasteiger partial charge >= 0.3 is 5.97 Å². The van der Waals surface area contributed by atoms with Crippen LogP contribution in [-0.4, -0.2) is 63.8 Å². The predicted molar refractivity (Wildman–Crippen MR) is 160 cm³/mol. The topological polar surface area (TPSA) is 160 Å². The van der Waals surface area contributed by atoms with Gasteiger partial charge in [-0.3, -0.25) is 24.6 Å². The summed E-state index contributed by atoms with van der Waals surface area (Å²) in [5, 5.41) is 10.2. The molecular formula is C30H35ClN6O5. The number of fused-ring (bicyclic) bond motifs is 1. The van der Waals surface area contributed by atoms with E-state index in [-0.39, 0.29) is 48.8 Å². The lowest BCUT2D eigenvalue weighted by atomic mass is 9.93. The highest BCUT2D eigenvalue weighted by Crippen LogP contribution is 2.51. The van der Waals surface area contributed by atoms with E-state index in [4.69, 9.17) is 20.9 Å². The molecule has 1 saturated carbocycles. The van der Waals surface area contributed by atoms with Gasteiger partial charge in [-0.1, -0.05) is 30.3 Å². The lowest BCUT2D eigenvalue weighted by Crippen LogP contribution is -2.50. The molecule has 2 aromatic carbocycles. The first-order chi connectivity index (χ1) is 19.6. The van der Waals surface area contributed by atoms with E-state index >= 15 is 0 Å². The van der Waals surface area contributed by atoms with Crippen LogP contribution in [0.25, 0.3) is 11.0 Å². The van der Waals surface area contributed by atoms with Crippen molar-refractivity contribution in [3.05, 3.63) is 75.2 Å². The van der Waals surface area contributed by atoms with Crippen LogP contribution in [0, 0.1) is 5.41 Å². The van der Waals surface area contributed by atoms with E-state index in [9.17, 15) is 19.2 Å². The largest absolute Gasteiger partial charge is 0.465 e. The number of nitrogens with zero attached hydrogens (tertiary/aromatic N) is 3. The first-order valence-electron chi connectivity index (χ1n) is 13.8. The summed E-state index contributed by atoms with van der Waals surface area (Å²) in [5.74, 6) is -0.983. The van der Waals surface area contributed by atoms with Crippen molar-refractivity contribution >= 4 is 47.1 Å². The summed E-state index contributed by atoms with van der Waals surface area (Å²) in [6.45, 7) is 2.18. The molecule has 1 aliphatic heterocycles. The maximum atomic E-state index is 13.9. The number of carbonyl (C=O) groups excluding carboxylic acids is 3. The highest BCUT2D eigenvalue weighted by molar-refractivity contribution is 5.97. The number of amides is 2. The molecule has 1 unspecified atom stereocenters.